The number of thiocarbonyl (C=S) groups is 1. The summed E-state index contributed by atoms with van der Waals surface area (Å²) in [6.45, 7) is 13.2. The van der Waals surface area contributed by atoms with Crippen LogP contribution in [0.4, 0.5) is 5.82 Å². The summed E-state index contributed by atoms with van der Waals surface area (Å²) < 4.78 is 2.11. The Labute approximate surface area is 198 Å². The molecule has 4 rings (SSSR count). The van der Waals surface area contributed by atoms with Crippen LogP contribution in [-0.4, -0.2) is 68.7 Å². The van der Waals surface area contributed by atoms with Gasteiger partial charge in [-0.1, -0.05) is 50.8 Å². The Kier molecular flexibility index (Phi) is 6.69. The number of amides is 1. The average Bonchev–Trinajstić information content (AvgIpc) is 3.03. The summed E-state index contributed by atoms with van der Waals surface area (Å²) in [5, 5.41) is 0. The monoisotopic (exact) mass is 471 g/mol. The van der Waals surface area contributed by atoms with Gasteiger partial charge in [0, 0.05) is 38.9 Å². The van der Waals surface area contributed by atoms with Gasteiger partial charge in [0.2, 0.25) is 0 Å². The molecule has 1 amide bonds. The maximum atomic E-state index is 13.6. The van der Waals surface area contributed by atoms with Crippen LogP contribution in [0.15, 0.2) is 28.0 Å². The van der Waals surface area contributed by atoms with E-state index in [1.165, 1.54) is 11.8 Å². The Hall–Kier alpha value is -2.23. The minimum Gasteiger partial charge on any atom is -0.353 e. The first-order valence-corrected chi connectivity index (χ1v) is 12.3. The van der Waals surface area contributed by atoms with Gasteiger partial charge in [-0.15, -0.1) is 0 Å². The van der Waals surface area contributed by atoms with Gasteiger partial charge in [0.15, 0.2) is 0 Å². The number of hydrogen-bond donors (Lipinski definition) is 0. The van der Waals surface area contributed by atoms with Gasteiger partial charge in [-0.25, -0.2) is 4.98 Å². The van der Waals surface area contributed by atoms with Gasteiger partial charge in [0.1, 0.15) is 15.8 Å². The van der Waals surface area contributed by atoms with E-state index >= 15 is 0 Å². The second-order valence-electron chi connectivity index (χ2n) is 8.65. The molecule has 2 aromatic heterocycles. The van der Waals surface area contributed by atoms with E-state index in [2.05, 4.69) is 30.6 Å². The molecule has 2 aliphatic rings. The van der Waals surface area contributed by atoms with Gasteiger partial charge in [0.05, 0.1) is 10.5 Å². The zero-order valence-electron chi connectivity index (χ0n) is 19.0. The van der Waals surface area contributed by atoms with Crippen molar-refractivity contribution in [1.82, 2.24) is 19.2 Å². The van der Waals surface area contributed by atoms with Crippen molar-refractivity contribution in [2.45, 2.75) is 27.7 Å². The van der Waals surface area contributed by atoms with E-state index in [0.717, 1.165) is 38.3 Å². The first-order chi connectivity index (χ1) is 15.3. The molecule has 0 aliphatic carbocycles. The molecule has 0 saturated carbocycles. The highest BCUT2D eigenvalue weighted by atomic mass is 32.2. The van der Waals surface area contributed by atoms with Gasteiger partial charge in [-0.05, 0) is 37.1 Å². The maximum absolute atomic E-state index is 13.6. The normalized spacial score (nSPS) is 19.2. The van der Waals surface area contributed by atoms with Crippen molar-refractivity contribution in [3.05, 3.63) is 44.7 Å². The number of carbonyl (C=O) groups excluding carboxylic acids is 1. The minimum atomic E-state index is -0.166. The molecule has 0 radical (unpaired) electrons. The van der Waals surface area contributed by atoms with Crippen LogP contribution in [0.5, 0.6) is 0 Å². The molecule has 2 fully saturated rings. The number of anilines is 1. The van der Waals surface area contributed by atoms with E-state index in [0.29, 0.717) is 38.7 Å². The fraction of sp³-hybridized carbons (Fsp3) is 0.478. The van der Waals surface area contributed by atoms with E-state index in [1.807, 2.05) is 19.1 Å². The quantitative estimate of drug-likeness (QED) is 0.491. The van der Waals surface area contributed by atoms with E-state index < -0.39 is 0 Å². The number of pyridine rings is 1. The largest absolute Gasteiger partial charge is 0.353 e. The van der Waals surface area contributed by atoms with Crippen molar-refractivity contribution in [1.29, 1.82) is 0 Å². The van der Waals surface area contributed by atoms with Gasteiger partial charge in [0.25, 0.3) is 11.5 Å². The summed E-state index contributed by atoms with van der Waals surface area (Å²) in [5.41, 5.74) is 1.87. The van der Waals surface area contributed by atoms with E-state index in [9.17, 15) is 9.59 Å². The number of hydrogen-bond acceptors (Lipinski definition) is 7. The molecule has 0 spiro atoms. The lowest BCUT2D eigenvalue weighted by Gasteiger charge is -2.35. The number of fused-ring (bicyclic) bond motifs is 1. The number of aromatic nitrogens is 2. The van der Waals surface area contributed by atoms with Crippen LogP contribution in [-0.2, 0) is 4.79 Å². The summed E-state index contributed by atoms with van der Waals surface area (Å²) in [4.78, 5) is 38.2. The minimum absolute atomic E-state index is 0.135. The van der Waals surface area contributed by atoms with Gasteiger partial charge in [-0.3, -0.25) is 18.9 Å². The van der Waals surface area contributed by atoms with E-state index in [1.54, 1.807) is 21.6 Å². The topological polar surface area (TPSA) is 61.2 Å². The molecule has 0 bridgehead atoms. The summed E-state index contributed by atoms with van der Waals surface area (Å²) in [7, 11) is 0. The Morgan fingerprint density at radius 1 is 1.22 bits per heavy atom. The third kappa shape index (κ3) is 4.33. The number of thioether (sulfide) groups is 1. The number of nitrogens with zero attached hydrogens (tertiary/aromatic N) is 5. The molecule has 0 N–H and O–H groups in total. The Balaban J connectivity index is 1.82. The molecular formula is C23H29N5O2S2. The summed E-state index contributed by atoms with van der Waals surface area (Å²) in [5.74, 6) is 0.816. The third-order valence-corrected chi connectivity index (χ3v) is 7.26. The number of likely N-dealkylation sites (N-methyl/N-ethyl adjacent to an activating group) is 1. The molecular weight excluding hydrogens is 442 g/mol. The molecule has 170 valence electrons. The van der Waals surface area contributed by atoms with Crippen molar-refractivity contribution in [2.24, 2.45) is 5.92 Å². The van der Waals surface area contributed by atoms with Gasteiger partial charge >= 0.3 is 0 Å². The maximum Gasteiger partial charge on any atom is 0.267 e. The Bertz CT molecular complexity index is 1150. The highest BCUT2D eigenvalue weighted by molar-refractivity contribution is 8.26. The standard InChI is InChI=1S/C23H29N5O2S2/c1-5-25-9-11-26(12-10-25)20-17(21(29)27-8-6-7-16(4)19(27)24-20)13-18-22(30)28(14-15(2)3)23(31)32-18/h6-8,13,15H,5,9-12,14H2,1-4H3/b18-13-. The van der Waals surface area contributed by atoms with Crippen LogP contribution >= 0.6 is 24.0 Å². The Morgan fingerprint density at radius 2 is 1.94 bits per heavy atom. The van der Waals surface area contributed by atoms with Crippen LogP contribution < -0.4 is 10.5 Å². The van der Waals surface area contributed by atoms with E-state index in [4.69, 9.17) is 17.2 Å². The average molecular weight is 472 g/mol. The van der Waals surface area contributed by atoms with Crippen molar-refractivity contribution >= 4 is 51.7 Å². The smallest absolute Gasteiger partial charge is 0.267 e. The number of carbonyl (C=O) groups is 1. The highest BCUT2D eigenvalue weighted by Gasteiger charge is 2.33. The molecule has 2 aliphatic heterocycles. The highest BCUT2D eigenvalue weighted by Crippen LogP contribution is 2.34. The lowest BCUT2D eigenvalue weighted by Crippen LogP contribution is -2.47. The van der Waals surface area contributed by atoms with E-state index in [-0.39, 0.29) is 11.5 Å². The summed E-state index contributed by atoms with van der Waals surface area (Å²) in [6, 6.07) is 3.80. The van der Waals surface area contributed by atoms with Gasteiger partial charge in [-0.2, -0.15) is 0 Å². The van der Waals surface area contributed by atoms with Crippen LogP contribution in [0.3, 0.4) is 0 Å². The third-order valence-electron chi connectivity index (χ3n) is 5.88. The molecule has 0 aromatic carbocycles. The fourth-order valence-corrected chi connectivity index (χ4v) is 5.35. The molecule has 7 nitrogen and oxygen atoms in total. The predicted octanol–water partition coefficient (Wildman–Crippen LogP) is 3.00. The zero-order chi connectivity index (χ0) is 23.0. The lowest BCUT2D eigenvalue weighted by molar-refractivity contribution is -0.122. The molecule has 9 heteroatoms. The van der Waals surface area contributed by atoms with Crippen molar-refractivity contribution in [2.75, 3.05) is 44.2 Å². The van der Waals surface area contributed by atoms with Crippen LogP contribution in [0.25, 0.3) is 11.7 Å². The SMILES string of the molecule is CCN1CCN(c2nc3c(C)cccn3c(=O)c2/C=C2\SC(=S)N(CC(C)C)C2=O)CC1. The van der Waals surface area contributed by atoms with Crippen LogP contribution in [0.1, 0.15) is 31.9 Å². The molecule has 2 saturated heterocycles. The van der Waals surface area contributed by atoms with Crippen molar-refractivity contribution < 1.29 is 4.79 Å². The lowest BCUT2D eigenvalue weighted by atomic mass is 10.2. The van der Waals surface area contributed by atoms with Crippen LogP contribution in [0, 0.1) is 12.8 Å². The number of piperazine rings is 1. The summed E-state index contributed by atoms with van der Waals surface area (Å²) >= 11 is 6.71. The zero-order valence-corrected chi connectivity index (χ0v) is 20.6. The van der Waals surface area contributed by atoms with Crippen molar-refractivity contribution in [3.8, 4) is 0 Å². The molecule has 2 aromatic rings. The van der Waals surface area contributed by atoms with Gasteiger partial charge < -0.3 is 9.80 Å². The second-order valence-corrected chi connectivity index (χ2v) is 10.3. The molecule has 32 heavy (non-hydrogen) atoms. The first kappa shape index (κ1) is 22.9. The number of rotatable bonds is 5. The molecule has 0 unspecified atom stereocenters. The molecule has 0 atom stereocenters. The van der Waals surface area contributed by atoms with Crippen molar-refractivity contribution in [3.63, 3.8) is 0 Å². The molecule has 4 heterocycles. The fourth-order valence-electron chi connectivity index (χ4n) is 4.10. The second kappa shape index (κ2) is 9.33. The number of aryl methyl sites for hydroxylation is 1. The first-order valence-electron chi connectivity index (χ1n) is 11.0. The van der Waals surface area contributed by atoms with Crippen LogP contribution in [0.2, 0.25) is 0 Å². The summed E-state index contributed by atoms with van der Waals surface area (Å²) in [6.07, 6.45) is 3.43. The predicted molar refractivity (Wildman–Crippen MR) is 135 cm³/mol. The Morgan fingerprint density at radius 3 is 2.59 bits per heavy atom.